The van der Waals surface area contributed by atoms with E-state index in [1.165, 1.54) is 5.56 Å². The molecular formula is C23H29N5O2. The maximum Gasteiger partial charge on any atom is 0.252 e. The number of carbonyl (C=O) groups excluding carboxylic acids is 1. The van der Waals surface area contributed by atoms with E-state index in [1.807, 2.05) is 36.7 Å². The maximum absolute atomic E-state index is 13.0. The van der Waals surface area contributed by atoms with E-state index in [-0.39, 0.29) is 5.91 Å². The Kier molecular flexibility index (Phi) is 6.11. The highest BCUT2D eigenvalue weighted by molar-refractivity contribution is 6.06. The summed E-state index contributed by atoms with van der Waals surface area (Å²) in [5.74, 6) is -0.0703. The van der Waals surface area contributed by atoms with E-state index < -0.39 is 0 Å². The zero-order valence-electron chi connectivity index (χ0n) is 17.9. The van der Waals surface area contributed by atoms with Gasteiger partial charge in [-0.1, -0.05) is 17.7 Å². The second-order valence-electron chi connectivity index (χ2n) is 7.91. The number of aryl methyl sites for hydroxylation is 3. The molecule has 2 aromatic heterocycles. The predicted molar refractivity (Wildman–Crippen MR) is 117 cm³/mol. The Morgan fingerprint density at radius 2 is 1.87 bits per heavy atom. The SMILES string of the molecule is Cc1ccc(-n2nc(C)c3c(C(=O)NCCCN4CCOCC4)cc(C)nc32)cc1. The number of nitrogens with one attached hydrogen (secondary N) is 1. The third-order valence-electron chi connectivity index (χ3n) is 5.50. The number of rotatable bonds is 6. The van der Waals surface area contributed by atoms with Gasteiger partial charge < -0.3 is 10.1 Å². The van der Waals surface area contributed by atoms with E-state index in [0.29, 0.717) is 12.1 Å². The molecule has 0 radical (unpaired) electrons. The molecule has 0 aliphatic carbocycles. The summed E-state index contributed by atoms with van der Waals surface area (Å²) in [6.45, 7) is 11.0. The van der Waals surface area contributed by atoms with E-state index in [9.17, 15) is 4.79 Å². The minimum atomic E-state index is -0.0703. The molecule has 0 bridgehead atoms. The lowest BCUT2D eigenvalue weighted by Crippen LogP contribution is -2.38. The van der Waals surface area contributed by atoms with E-state index >= 15 is 0 Å². The first kappa shape index (κ1) is 20.5. The van der Waals surface area contributed by atoms with Crippen molar-refractivity contribution in [2.75, 3.05) is 39.4 Å². The molecule has 1 N–H and O–H groups in total. The van der Waals surface area contributed by atoms with Crippen molar-refractivity contribution in [3.05, 3.63) is 52.8 Å². The molecule has 0 unspecified atom stereocenters. The molecule has 1 aromatic carbocycles. The van der Waals surface area contributed by atoms with Crippen LogP contribution in [0.3, 0.4) is 0 Å². The third kappa shape index (κ3) is 4.37. The monoisotopic (exact) mass is 407 g/mol. The van der Waals surface area contributed by atoms with Crippen molar-refractivity contribution < 1.29 is 9.53 Å². The molecule has 30 heavy (non-hydrogen) atoms. The van der Waals surface area contributed by atoms with Crippen LogP contribution in [0.4, 0.5) is 0 Å². The smallest absolute Gasteiger partial charge is 0.252 e. The van der Waals surface area contributed by atoms with E-state index in [1.54, 1.807) is 0 Å². The van der Waals surface area contributed by atoms with Crippen molar-refractivity contribution in [1.29, 1.82) is 0 Å². The van der Waals surface area contributed by atoms with Gasteiger partial charge in [0.05, 0.1) is 35.5 Å². The van der Waals surface area contributed by atoms with Crippen LogP contribution < -0.4 is 5.32 Å². The summed E-state index contributed by atoms with van der Waals surface area (Å²) in [5, 5.41) is 8.58. The number of pyridine rings is 1. The molecule has 1 saturated heterocycles. The number of hydrogen-bond acceptors (Lipinski definition) is 5. The molecule has 7 heteroatoms. The standard InChI is InChI=1S/C23H29N5O2/c1-16-5-7-19(8-6-16)28-22-21(18(3)26-28)20(15-17(2)25-22)23(29)24-9-4-10-27-11-13-30-14-12-27/h5-8,15H,4,9-14H2,1-3H3,(H,24,29). The van der Waals surface area contributed by atoms with E-state index in [4.69, 9.17) is 9.72 Å². The minimum Gasteiger partial charge on any atom is -0.379 e. The molecule has 1 fully saturated rings. The predicted octanol–water partition coefficient (Wildman–Crippen LogP) is 2.80. The van der Waals surface area contributed by atoms with Gasteiger partial charge in [0.2, 0.25) is 0 Å². The minimum absolute atomic E-state index is 0.0703. The third-order valence-corrected chi connectivity index (χ3v) is 5.50. The zero-order chi connectivity index (χ0) is 21.1. The van der Waals surface area contributed by atoms with Gasteiger partial charge in [-0.05, 0) is 51.9 Å². The summed E-state index contributed by atoms with van der Waals surface area (Å²) < 4.78 is 7.21. The Hall–Kier alpha value is -2.77. The van der Waals surface area contributed by atoms with Crippen molar-refractivity contribution >= 4 is 16.9 Å². The van der Waals surface area contributed by atoms with Gasteiger partial charge in [0.1, 0.15) is 0 Å². The number of carbonyl (C=O) groups is 1. The number of fused-ring (bicyclic) bond motifs is 1. The average Bonchev–Trinajstić information content (AvgIpc) is 3.08. The highest BCUT2D eigenvalue weighted by Gasteiger charge is 2.19. The fourth-order valence-corrected chi connectivity index (χ4v) is 3.88. The first-order valence-electron chi connectivity index (χ1n) is 10.6. The molecule has 1 aliphatic heterocycles. The van der Waals surface area contributed by atoms with Gasteiger partial charge in [-0.15, -0.1) is 0 Å². The van der Waals surface area contributed by atoms with Gasteiger partial charge >= 0.3 is 0 Å². The summed E-state index contributed by atoms with van der Waals surface area (Å²) in [4.78, 5) is 20.1. The number of benzene rings is 1. The van der Waals surface area contributed by atoms with Gasteiger partial charge in [0.15, 0.2) is 5.65 Å². The zero-order valence-corrected chi connectivity index (χ0v) is 17.9. The molecule has 4 rings (SSSR count). The van der Waals surface area contributed by atoms with Crippen molar-refractivity contribution in [3.63, 3.8) is 0 Å². The van der Waals surface area contributed by atoms with Gasteiger partial charge in [-0.2, -0.15) is 5.10 Å². The van der Waals surface area contributed by atoms with Gasteiger partial charge in [0, 0.05) is 25.3 Å². The fourth-order valence-electron chi connectivity index (χ4n) is 3.88. The van der Waals surface area contributed by atoms with Crippen LogP contribution in [0.15, 0.2) is 30.3 Å². The molecule has 1 amide bonds. The van der Waals surface area contributed by atoms with Crippen LogP contribution in [-0.4, -0.2) is 65.0 Å². The Balaban J connectivity index is 1.53. The number of ether oxygens (including phenoxy) is 1. The van der Waals surface area contributed by atoms with Crippen LogP contribution in [0.1, 0.15) is 33.7 Å². The lowest BCUT2D eigenvalue weighted by molar-refractivity contribution is 0.0374. The quantitative estimate of drug-likeness (QED) is 0.636. The highest BCUT2D eigenvalue weighted by Crippen LogP contribution is 2.25. The van der Waals surface area contributed by atoms with Crippen LogP contribution in [0.25, 0.3) is 16.7 Å². The molecule has 1 aliphatic rings. The number of aromatic nitrogens is 3. The topological polar surface area (TPSA) is 72.3 Å². The molecule has 158 valence electrons. The summed E-state index contributed by atoms with van der Waals surface area (Å²) in [7, 11) is 0. The molecule has 7 nitrogen and oxygen atoms in total. The van der Waals surface area contributed by atoms with Gasteiger partial charge in [-0.25, -0.2) is 9.67 Å². The van der Waals surface area contributed by atoms with Crippen molar-refractivity contribution in [2.45, 2.75) is 27.2 Å². The average molecular weight is 408 g/mol. The summed E-state index contributed by atoms with van der Waals surface area (Å²) in [5.41, 5.74) is 5.09. The summed E-state index contributed by atoms with van der Waals surface area (Å²) in [6.07, 6.45) is 0.917. The number of morpholine rings is 1. The molecule has 0 spiro atoms. The fraction of sp³-hybridized carbons (Fsp3) is 0.435. The van der Waals surface area contributed by atoms with Crippen molar-refractivity contribution in [1.82, 2.24) is 25.0 Å². The normalized spacial score (nSPS) is 14.9. The van der Waals surface area contributed by atoms with Crippen molar-refractivity contribution in [3.8, 4) is 5.69 Å². The molecule has 0 atom stereocenters. The largest absolute Gasteiger partial charge is 0.379 e. The Labute approximate surface area is 177 Å². The Morgan fingerprint density at radius 1 is 1.13 bits per heavy atom. The second-order valence-corrected chi connectivity index (χ2v) is 7.91. The van der Waals surface area contributed by atoms with Crippen LogP contribution in [0.2, 0.25) is 0 Å². The molecular weight excluding hydrogens is 378 g/mol. The lowest BCUT2D eigenvalue weighted by Gasteiger charge is -2.26. The van der Waals surface area contributed by atoms with Crippen molar-refractivity contribution in [2.24, 2.45) is 0 Å². The van der Waals surface area contributed by atoms with E-state index in [2.05, 4.69) is 34.4 Å². The summed E-state index contributed by atoms with van der Waals surface area (Å²) in [6, 6.07) is 10.0. The number of amides is 1. The Morgan fingerprint density at radius 3 is 2.60 bits per heavy atom. The van der Waals surface area contributed by atoms with Crippen LogP contribution >= 0.6 is 0 Å². The summed E-state index contributed by atoms with van der Waals surface area (Å²) >= 11 is 0. The first-order valence-corrected chi connectivity index (χ1v) is 10.6. The van der Waals surface area contributed by atoms with Gasteiger partial charge in [-0.3, -0.25) is 9.69 Å². The molecule has 3 aromatic rings. The Bertz CT molecular complexity index is 1040. The molecule has 3 heterocycles. The highest BCUT2D eigenvalue weighted by atomic mass is 16.5. The van der Waals surface area contributed by atoms with Gasteiger partial charge in [0.25, 0.3) is 5.91 Å². The number of nitrogens with zero attached hydrogens (tertiary/aromatic N) is 4. The van der Waals surface area contributed by atoms with E-state index in [0.717, 1.165) is 67.4 Å². The maximum atomic E-state index is 13.0. The molecule has 0 saturated carbocycles. The van der Waals surface area contributed by atoms with Crippen LogP contribution in [0.5, 0.6) is 0 Å². The number of hydrogen-bond donors (Lipinski definition) is 1. The van der Waals surface area contributed by atoms with Crippen LogP contribution in [-0.2, 0) is 4.74 Å². The lowest BCUT2D eigenvalue weighted by atomic mass is 10.1. The van der Waals surface area contributed by atoms with Crippen LogP contribution in [0, 0.1) is 20.8 Å². The second kappa shape index (κ2) is 8.93. The first-order chi connectivity index (χ1) is 14.5.